The van der Waals surface area contributed by atoms with Gasteiger partial charge in [-0.3, -0.25) is 0 Å². The van der Waals surface area contributed by atoms with Crippen molar-refractivity contribution >= 4 is 22.6 Å². The Morgan fingerprint density at radius 3 is 2.27 bits per heavy atom. The van der Waals surface area contributed by atoms with Crippen LogP contribution in [0.5, 0.6) is 5.75 Å². The molecule has 2 aromatic carbocycles. The van der Waals surface area contributed by atoms with E-state index in [0.717, 1.165) is 11.1 Å². The molecule has 0 radical (unpaired) electrons. The zero-order valence-corrected chi connectivity index (χ0v) is 16.7. The summed E-state index contributed by atoms with van der Waals surface area (Å²) in [6.07, 6.45) is 0. The van der Waals surface area contributed by atoms with Crippen LogP contribution < -0.4 is 4.85 Å². The molecule has 0 saturated heterocycles. The molecule has 138 valence electrons. The van der Waals surface area contributed by atoms with E-state index < -0.39 is 0 Å². The highest BCUT2D eigenvalue weighted by Crippen LogP contribution is 2.39. The normalized spacial score (nSPS) is 12.7. The predicted octanol–water partition coefficient (Wildman–Crippen LogP) is 4.61. The van der Waals surface area contributed by atoms with Crippen molar-refractivity contribution in [3.05, 3.63) is 51.7 Å². The van der Waals surface area contributed by atoms with Crippen LogP contribution in [0.3, 0.4) is 0 Å². The quantitative estimate of drug-likeness (QED) is 0.500. The molecular formula is C20H24ClN3O2. The Labute approximate surface area is 158 Å². The molecule has 0 bridgehead atoms. The van der Waals surface area contributed by atoms with Gasteiger partial charge in [-0.25, -0.2) is 0 Å². The Balaban J connectivity index is 2.36. The van der Waals surface area contributed by atoms with Crippen molar-refractivity contribution in [3.8, 4) is 11.4 Å². The molecule has 0 fully saturated rings. The second kappa shape index (κ2) is 5.88. The molecule has 3 aromatic rings. The van der Waals surface area contributed by atoms with E-state index in [9.17, 15) is 10.3 Å². The maximum atomic E-state index is 12.8. The number of phenols is 1. The molecule has 6 heteroatoms. The maximum absolute atomic E-state index is 12.8. The third-order valence-corrected chi connectivity index (χ3v) is 4.73. The standard InChI is InChI=1S/C20H24ClN3O2/c1-19(2,3)12-9-14(20(4,5)6)18(25)17(10-12)23-22-15-11-13(21)7-8-16(15)24(23)26/h7-11,25H,1-6H3. The molecule has 1 N–H and O–H groups in total. The number of phenolic OH excluding ortho intramolecular Hbond substituents is 1. The molecule has 0 aliphatic carbocycles. The zero-order chi connectivity index (χ0) is 19.4. The molecule has 3 rings (SSSR count). The molecule has 1 aromatic heterocycles. The largest absolute Gasteiger partial charge is 0.692 e. The van der Waals surface area contributed by atoms with Gasteiger partial charge in [0.15, 0.2) is 11.4 Å². The lowest BCUT2D eigenvalue weighted by Gasteiger charge is -2.26. The van der Waals surface area contributed by atoms with Gasteiger partial charge in [0.1, 0.15) is 0 Å². The number of rotatable bonds is 1. The van der Waals surface area contributed by atoms with Crippen molar-refractivity contribution in [3.63, 3.8) is 0 Å². The van der Waals surface area contributed by atoms with Crippen LogP contribution in [0.2, 0.25) is 5.02 Å². The molecule has 26 heavy (non-hydrogen) atoms. The fourth-order valence-electron chi connectivity index (χ4n) is 2.91. The molecule has 0 unspecified atom stereocenters. The monoisotopic (exact) mass is 373 g/mol. The smallest absolute Gasteiger partial charge is 0.251 e. The van der Waals surface area contributed by atoms with E-state index in [-0.39, 0.29) is 16.6 Å². The Kier molecular flexibility index (Phi) is 4.19. The van der Waals surface area contributed by atoms with Crippen molar-refractivity contribution in [2.24, 2.45) is 0 Å². The maximum Gasteiger partial charge on any atom is 0.251 e. The molecule has 0 atom stereocenters. The summed E-state index contributed by atoms with van der Waals surface area (Å²) in [5.41, 5.74) is 2.60. The molecular weight excluding hydrogens is 350 g/mol. The van der Waals surface area contributed by atoms with E-state index in [1.807, 2.05) is 32.9 Å². The van der Waals surface area contributed by atoms with Gasteiger partial charge in [-0.1, -0.05) is 59.2 Å². The third kappa shape index (κ3) is 3.12. The number of halogens is 1. The van der Waals surface area contributed by atoms with Crippen LogP contribution in [0.4, 0.5) is 0 Å². The third-order valence-electron chi connectivity index (χ3n) is 4.50. The average Bonchev–Trinajstić information content (AvgIpc) is 2.81. The van der Waals surface area contributed by atoms with Crippen LogP contribution in [0.15, 0.2) is 30.3 Å². The van der Waals surface area contributed by atoms with Crippen LogP contribution in [0.1, 0.15) is 52.7 Å². The molecule has 0 spiro atoms. The molecule has 0 aliphatic rings. The average molecular weight is 374 g/mol. The fourth-order valence-corrected chi connectivity index (χ4v) is 3.08. The van der Waals surface area contributed by atoms with E-state index in [2.05, 4.69) is 25.9 Å². The number of hydrogen-bond donors (Lipinski definition) is 1. The summed E-state index contributed by atoms with van der Waals surface area (Å²) in [4.78, 5) is 1.88. The summed E-state index contributed by atoms with van der Waals surface area (Å²) in [6.45, 7) is 12.4. The van der Waals surface area contributed by atoms with Crippen LogP contribution in [0, 0.1) is 5.21 Å². The summed E-state index contributed by atoms with van der Waals surface area (Å²) < 4.78 is 0. The van der Waals surface area contributed by atoms with Crippen LogP contribution in [-0.2, 0) is 10.8 Å². The molecule has 0 saturated carbocycles. The second-order valence-electron chi connectivity index (χ2n) is 8.69. The number of aromatic nitrogens is 3. The topological polar surface area (TPSA) is 65.0 Å². The van der Waals surface area contributed by atoms with Gasteiger partial charge < -0.3 is 10.3 Å². The van der Waals surface area contributed by atoms with E-state index in [1.54, 1.807) is 18.2 Å². The first-order valence-electron chi connectivity index (χ1n) is 8.56. The number of hydrogen-bond acceptors (Lipinski definition) is 3. The van der Waals surface area contributed by atoms with E-state index in [0.29, 0.717) is 26.6 Å². The summed E-state index contributed by atoms with van der Waals surface area (Å²) in [5.74, 6) is 0.0639. The lowest BCUT2D eigenvalue weighted by atomic mass is 9.80. The first-order valence-corrected chi connectivity index (χ1v) is 8.94. The molecule has 1 heterocycles. The zero-order valence-electron chi connectivity index (χ0n) is 16.0. The summed E-state index contributed by atoms with van der Waals surface area (Å²) in [6, 6.07) is 8.75. The van der Waals surface area contributed by atoms with Gasteiger partial charge in [-0.2, -0.15) is 0 Å². The van der Waals surface area contributed by atoms with Crippen molar-refractivity contribution < 1.29 is 9.95 Å². The van der Waals surface area contributed by atoms with Gasteiger partial charge in [-0.05, 0) is 39.4 Å². The lowest BCUT2D eigenvalue weighted by Crippen LogP contribution is -2.37. The lowest BCUT2D eigenvalue weighted by molar-refractivity contribution is -0.664. The molecule has 5 nitrogen and oxygen atoms in total. The van der Waals surface area contributed by atoms with Crippen LogP contribution in [-0.4, -0.2) is 15.0 Å². The van der Waals surface area contributed by atoms with Crippen LogP contribution >= 0.6 is 11.6 Å². The Morgan fingerprint density at radius 1 is 1.04 bits per heavy atom. The summed E-state index contributed by atoms with van der Waals surface area (Å²) in [7, 11) is 0. The highest BCUT2D eigenvalue weighted by atomic mass is 35.5. The Morgan fingerprint density at radius 2 is 1.69 bits per heavy atom. The van der Waals surface area contributed by atoms with Crippen molar-refractivity contribution in [2.75, 3.05) is 0 Å². The van der Waals surface area contributed by atoms with Crippen LogP contribution in [0.25, 0.3) is 16.7 Å². The minimum absolute atomic E-state index is 0.0639. The minimum atomic E-state index is -0.288. The van der Waals surface area contributed by atoms with Gasteiger partial charge in [0.2, 0.25) is 5.52 Å². The highest BCUT2D eigenvalue weighted by molar-refractivity contribution is 6.31. The van der Waals surface area contributed by atoms with Crippen molar-refractivity contribution in [2.45, 2.75) is 52.4 Å². The summed E-state index contributed by atoms with van der Waals surface area (Å²) in [5, 5.41) is 28.6. The van der Waals surface area contributed by atoms with Gasteiger partial charge in [0.05, 0.1) is 5.10 Å². The highest BCUT2D eigenvalue weighted by Gasteiger charge is 2.28. The minimum Gasteiger partial charge on any atom is -0.692 e. The second-order valence-corrected chi connectivity index (χ2v) is 9.12. The van der Waals surface area contributed by atoms with E-state index >= 15 is 0 Å². The summed E-state index contributed by atoms with van der Waals surface area (Å²) >= 11 is 6.02. The number of nitrogens with zero attached hydrogens (tertiary/aromatic N) is 3. The van der Waals surface area contributed by atoms with E-state index in [4.69, 9.17) is 11.6 Å². The fraction of sp³-hybridized carbons (Fsp3) is 0.400. The van der Waals surface area contributed by atoms with Gasteiger partial charge >= 0.3 is 0 Å². The SMILES string of the molecule is CC(C)(C)c1cc(-n2nc3cc(Cl)ccc3[n+]2[O-])c(O)c(C(C)(C)C)c1. The molecule has 0 aliphatic heterocycles. The van der Waals surface area contributed by atoms with Crippen molar-refractivity contribution in [1.82, 2.24) is 9.90 Å². The van der Waals surface area contributed by atoms with Gasteiger partial charge in [0, 0.05) is 16.7 Å². The van der Waals surface area contributed by atoms with Gasteiger partial charge in [-0.15, -0.1) is 4.85 Å². The Bertz CT molecular complexity index is 995. The van der Waals surface area contributed by atoms with E-state index in [1.165, 1.54) is 4.80 Å². The number of benzene rings is 2. The predicted molar refractivity (Wildman–Crippen MR) is 104 cm³/mol. The number of fused-ring (bicyclic) bond motifs is 1. The first kappa shape index (κ1) is 18.5. The first-order chi connectivity index (χ1) is 11.9. The molecule has 0 amide bonds. The number of aromatic hydroxyl groups is 1. The Hall–Kier alpha value is -2.27. The van der Waals surface area contributed by atoms with Crippen molar-refractivity contribution in [1.29, 1.82) is 0 Å². The van der Waals surface area contributed by atoms with Gasteiger partial charge in [0.25, 0.3) is 5.52 Å².